The number of nitrogens with zero attached hydrogens (tertiary/aromatic N) is 6. The average Bonchev–Trinajstić information content (AvgIpc) is 3.50. The van der Waals surface area contributed by atoms with Gasteiger partial charge in [0.1, 0.15) is 10.7 Å². The van der Waals surface area contributed by atoms with Gasteiger partial charge in [-0.2, -0.15) is 0 Å². The maximum Gasteiger partial charge on any atom is 0.298 e. The Morgan fingerprint density at radius 1 is 1.09 bits per heavy atom. The number of rotatable bonds is 5. The van der Waals surface area contributed by atoms with E-state index in [-0.39, 0.29) is 5.91 Å². The fraction of sp³-hybridized carbons (Fsp3) is 0.208. The second kappa shape index (κ2) is 10.5. The van der Waals surface area contributed by atoms with Gasteiger partial charge < -0.3 is 14.8 Å². The Morgan fingerprint density at radius 2 is 1.94 bits per heavy atom. The maximum atomic E-state index is 10.5. The molecule has 1 amide bonds. The van der Waals surface area contributed by atoms with Gasteiger partial charge in [0.25, 0.3) is 5.91 Å². The van der Waals surface area contributed by atoms with Crippen molar-refractivity contribution in [1.29, 1.82) is 0 Å². The minimum Gasteiger partial charge on any atom is -0.348 e. The molecule has 4 heterocycles. The third-order valence-electron chi connectivity index (χ3n) is 4.74. The maximum absolute atomic E-state index is 10.5. The number of hydrogen-bond acceptors (Lipinski definition) is 7. The van der Waals surface area contributed by atoms with E-state index in [1.54, 1.807) is 35.8 Å². The largest absolute Gasteiger partial charge is 0.348 e. The number of benzene rings is 1. The van der Waals surface area contributed by atoms with Crippen molar-refractivity contribution in [2.75, 3.05) is 18.9 Å². The zero-order chi connectivity index (χ0) is 23.0. The van der Waals surface area contributed by atoms with E-state index in [4.69, 9.17) is 4.98 Å². The van der Waals surface area contributed by atoms with Crippen LogP contribution in [0.15, 0.2) is 60.5 Å². The van der Waals surface area contributed by atoms with Crippen molar-refractivity contribution < 1.29 is 4.79 Å². The number of amides is 1. The van der Waals surface area contributed by atoms with E-state index in [1.165, 1.54) is 0 Å². The van der Waals surface area contributed by atoms with Crippen LogP contribution in [0, 0.1) is 11.8 Å². The molecule has 0 radical (unpaired) electrons. The van der Waals surface area contributed by atoms with Gasteiger partial charge in [-0.05, 0) is 12.0 Å². The monoisotopic (exact) mass is 457 g/mol. The summed E-state index contributed by atoms with van der Waals surface area (Å²) in [5, 5.41) is 6.21. The van der Waals surface area contributed by atoms with Crippen molar-refractivity contribution in [2.45, 2.75) is 13.0 Å². The molecule has 33 heavy (non-hydrogen) atoms. The Balaban J connectivity index is 0.000000275. The molecule has 166 valence electrons. The summed E-state index contributed by atoms with van der Waals surface area (Å²) in [5.74, 6) is 5.70. The van der Waals surface area contributed by atoms with Crippen LogP contribution < -0.4 is 5.32 Å². The van der Waals surface area contributed by atoms with Gasteiger partial charge in [-0.3, -0.25) is 4.79 Å². The molecule has 0 fully saturated rings. The summed E-state index contributed by atoms with van der Waals surface area (Å²) in [6, 6.07) is 12.0. The van der Waals surface area contributed by atoms with Gasteiger partial charge in [0.05, 0.1) is 24.3 Å². The number of carbonyl (C=O) groups excluding carboxylic acids is 1. The number of anilines is 1. The summed E-state index contributed by atoms with van der Waals surface area (Å²) in [7, 11) is 3.70. The second-order valence-corrected chi connectivity index (χ2v) is 8.19. The smallest absolute Gasteiger partial charge is 0.298 e. The van der Waals surface area contributed by atoms with Crippen LogP contribution in [0.1, 0.15) is 12.1 Å². The zero-order valence-corrected chi connectivity index (χ0v) is 19.2. The standard InChI is InChI=1S/C18H16N6S.C6H7NO/c1-24-10-14(21-12-24)9-20-18-19-8-7-15(23-18)16-11-25-17(22-16)13-5-3-2-4-6-13;1-7-5-3-2-4-6(7)8/h2-8,10-12H,9H2,1H3,(H,19,20,23);3,5H2,1H3. The summed E-state index contributed by atoms with van der Waals surface area (Å²) in [6.45, 7) is 1.36. The molecular formula is C24H23N7OS. The summed E-state index contributed by atoms with van der Waals surface area (Å²) in [5.41, 5.74) is 3.71. The molecule has 1 N–H and O–H groups in total. The third kappa shape index (κ3) is 6.02. The molecule has 0 aliphatic carbocycles. The molecule has 3 aromatic heterocycles. The van der Waals surface area contributed by atoms with Crippen molar-refractivity contribution in [1.82, 2.24) is 29.4 Å². The van der Waals surface area contributed by atoms with Crippen LogP contribution in [-0.2, 0) is 18.4 Å². The topological polar surface area (TPSA) is 88.8 Å². The number of carbonyl (C=O) groups is 1. The number of aryl methyl sites for hydroxylation is 1. The molecule has 9 heteroatoms. The van der Waals surface area contributed by atoms with Crippen molar-refractivity contribution in [3.63, 3.8) is 0 Å². The number of hydrogen-bond donors (Lipinski definition) is 1. The van der Waals surface area contributed by atoms with Crippen LogP contribution in [0.2, 0.25) is 0 Å². The third-order valence-corrected chi connectivity index (χ3v) is 5.63. The van der Waals surface area contributed by atoms with Crippen LogP contribution in [-0.4, -0.2) is 48.9 Å². The van der Waals surface area contributed by atoms with Crippen LogP contribution >= 0.6 is 11.3 Å². The van der Waals surface area contributed by atoms with E-state index >= 15 is 0 Å². The van der Waals surface area contributed by atoms with Gasteiger partial charge in [-0.15, -0.1) is 11.3 Å². The van der Waals surface area contributed by atoms with Crippen molar-refractivity contribution >= 4 is 23.2 Å². The van der Waals surface area contributed by atoms with Crippen molar-refractivity contribution in [3.05, 3.63) is 66.2 Å². The first kappa shape index (κ1) is 22.2. The first-order valence-corrected chi connectivity index (χ1v) is 11.3. The molecule has 1 aliphatic rings. The minimum absolute atomic E-state index is 0.0590. The summed E-state index contributed by atoms with van der Waals surface area (Å²) in [6.07, 6.45) is 6.30. The molecule has 4 aromatic rings. The van der Waals surface area contributed by atoms with E-state index in [0.29, 0.717) is 12.5 Å². The molecular weight excluding hydrogens is 434 g/mol. The summed E-state index contributed by atoms with van der Waals surface area (Å²) >= 11 is 1.61. The first-order chi connectivity index (χ1) is 16.1. The average molecular weight is 458 g/mol. The van der Waals surface area contributed by atoms with Crippen molar-refractivity contribution in [3.8, 4) is 33.8 Å². The minimum atomic E-state index is -0.0590. The molecule has 0 spiro atoms. The highest BCUT2D eigenvalue weighted by atomic mass is 32.1. The van der Waals surface area contributed by atoms with Gasteiger partial charge in [-0.1, -0.05) is 36.3 Å². The van der Waals surface area contributed by atoms with Crippen LogP contribution in [0.4, 0.5) is 5.95 Å². The molecule has 0 atom stereocenters. The lowest BCUT2D eigenvalue weighted by molar-refractivity contribution is -0.124. The van der Waals surface area contributed by atoms with Crippen LogP contribution in [0.5, 0.6) is 0 Å². The van der Waals surface area contributed by atoms with Gasteiger partial charge >= 0.3 is 0 Å². The van der Waals surface area contributed by atoms with Crippen LogP contribution in [0.25, 0.3) is 22.0 Å². The second-order valence-electron chi connectivity index (χ2n) is 7.33. The molecule has 0 unspecified atom stereocenters. The van der Waals surface area contributed by atoms with E-state index in [2.05, 4.69) is 44.2 Å². The summed E-state index contributed by atoms with van der Waals surface area (Å²) < 4.78 is 1.91. The Morgan fingerprint density at radius 3 is 2.64 bits per heavy atom. The Labute approximate surface area is 196 Å². The normalized spacial score (nSPS) is 12.4. The lowest BCUT2D eigenvalue weighted by Gasteiger charge is -2.13. The SMILES string of the molecule is CN1CCC#CC1=O.Cn1cnc(CNc2nccc(-c3csc(-c4ccccc4)n3)n2)c1. The predicted molar refractivity (Wildman–Crippen MR) is 129 cm³/mol. The first-order valence-electron chi connectivity index (χ1n) is 10.4. The van der Waals surface area contributed by atoms with E-state index < -0.39 is 0 Å². The fourth-order valence-electron chi connectivity index (χ4n) is 2.98. The molecule has 8 nitrogen and oxygen atoms in total. The molecule has 1 aromatic carbocycles. The Hall–Kier alpha value is -4.03. The summed E-state index contributed by atoms with van der Waals surface area (Å²) in [4.78, 5) is 30.0. The number of thiazole rings is 1. The van der Waals surface area contributed by atoms with Crippen molar-refractivity contribution in [2.24, 2.45) is 7.05 Å². The number of imidazole rings is 1. The highest BCUT2D eigenvalue weighted by molar-refractivity contribution is 7.13. The van der Waals surface area contributed by atoms with E-state index in [9.17, 15) is 4.79 Å². The number of aromatic nitrogens is 5. The van der Waals surface area contributed by atoms with Gasteiger partial charge in [-0.25, -0.2) is 19.9 Å². The molecule has 0 bridgehead atoms. The van der Waals surface area contributed by atoms with Crippen LogP contribution in [0.3, 0.4) is 0 Å². The quantitative estimate of drug-likeness (QED) is 0.462. The van der Waals surface area contributed by atoms with Gasteiger partial charge in [0.15, 0.2) is 0 Å². The molecule has 0 saturated carbocycles. The number of nitrogens with one attached hydrogen (secondary N) is 1. The lowest BCUT2D eigenvalue weighted by atomic mass is 10.2. The highest BCUT2D eigenvalue weighted by Crippen LogP contribution is 2.28. The Bertz CT molecular complexity index is 1290. The molecule has 5 rings (SSSR count). The Kier molecular flexibility index (Phi) is 7.07. The van der Waals surface area contributed by atoms with Gasteiger partial charge in [0, 0.05) is 50.4 Å². The van der Waals surface area contributed by atoms with Gasteiger partial charge in [0.2, 0.25) is 5.95 Å². The fourth-order valence-corrected chi connectivity index (χ4v) is 3.80. The predicted octanol–water partition coefficient (Wildman–Crippen LogP) is 3.46. The van der Waals surface area contributed by atoms with E-state index in [1.807, 2.05) is 47.5 Å². The molecule has 1 aliphatic heterocycles. The highest BCUT2D eigenvalue weighted by Gasteiger charge is 2.09. The van der Waals surface area contributed by atoms with E-state index in [0.717, 1.165) is 40.6 Å². The molecule has 0 saturated heterocycles. The lowest BCUT2D eigenvalue weighted by Crippen LogP contribution is -2.28. The zero-order valence-electron chi connectivity index (χ0n) is 18.4.